The molecular weight excluding hydrogens is 368 g/mol. The second-order valence-electron chi connectivity index (χ2n) is 7.00. The van der Waals surface area contributed by atoms with E-state index in [0.717, 1.165) is 12.8 Å². The van der Waals surface area contributed by atoms with E-state index in [0.29, 0.717) is 24.0 Å². The predicted molar refractivity (Wildman–Crippen MR) is 101 cm³/mol. The molecule has 1 aliphatic heterocycles. The fourth-order valence-electron chi connectivity index (χ4n) is 3.88. The van der Waals surface area contributed by atoms with E-state index in [1.165, 1.54) is 4.90 Å². The van der Waals surface area contributed by atoms with Gasteiger partial charge in [0.1, 0.15) is 6.04 Å². The minimum atomic E-state index is -1.13. The minimum absolute atomic E-state index is 0.00311. The summed E-state index contributed by atoms with van der Waals surface area (Å²) in [7, 11) is 0. The first-order valence-electron chi connectivity index (χ1n) is 9.03. The Bertz CT molecular complexity index is 746. The molecule has 1 saturated carbocycles. The van der Waals surface area contributed by atoms with Crippen LogP contribution in [0.4, 0.5) is 0 Å². The lowest BCUT2D eigenvalue weighted by molar-refractivity contribution is -0.142. The van der Waals surface area contributed by atoms with E-state index >= 15 is 0 Å². The van der Waals surface area contributed by atoms with Crippen LogP contribution in [-0.4, -0.2) is 52.0 Å². The van der Waals surface area contributed by atoms with Crippen LogP contribution in [0.5, 0.6) is 0 Å². The first-order valence-corrected chi connectivity index (χ1v) is 9.66. The maximum absolute atomic E-state index is 12.6. The van der Waals surface area contributed by atoms with E-state index in [4.69, 9.17) is 5.11 Å². The number of aliphatic carboxylic acids is 1. The molecule has 1 aliphatic carbocycles. The number of hydrogen-bond donors (Lipinski definition) is 3. The maximum Gasteiger partial charge on any atom is 0.327 e. The van der Waals surface area contributed by atoms with Gasteiger partial charge >= 0.3 is 5.97 Å². The van der Waals surface area contributed by atoms with Crippen molar-refractivity contribution in [1.82, 2.24) is 10.2 Å². The Morgan fingerprint density at radius 2 is 1.74 bits per heavy atom. The number of fused-ring (bicyclic) bond motifs is 1. The molecule has 1 aromatic rings. The Kier molecular flexibility index (Phi) is 5.84. The number of benzene rings is 1. The highest BCUT2D eigenvalue weighted by Crippen LogP contribution is 2.33. The highest BCUT2D eigenvalue weighted by atomic mass is 32.1. The highest BCUT2D eigenvalue weighted by Gasteiger charge is 2.40. The number of carbonyl (C=O) groups is 4. The zero-order valence-corrected chi connectivity index (χ0v) is 15.7. The zero-order chi connectivity index (χ0) is 19.6. The lowest BCUT2D eigenvalue weighted by Crippen LogP contribution is -2.48. The number of amides is 3. The molecule has 3 unspecified atom stereocenters. The second kappa shape index (κ2) is 8.12. The molecular formula is C19H22N2O5S. The van der Waals surface area contributed by atoms with E-state index in [9.17, 15) is 19.2 Å². The van der Waals surface area contributed by atoms with E-state index in [1.54, 1.807) is 24.3 Å². The van der Waals surface area contributed by atoms with Crippen LogP contribution in [0, 0.1) is 11.8 Å². The van der Waals surface area contributed by atoms with Crippen molar-refractivity contribution in [3.05, 3.63) is 35.4 Å². The minimum Gasteiger partial charge on any atom is -0.480 e. The SMILES string of the molecule is O=C(O)C(CS)NC(=O)C1CCCCC1CN1C(=O)c2ccccc2C1=O. The number of carboxylic acid groups (broad SMARTS) is 1. The first kappa shape index (κ1) is 19.4. The molecule has 1 heterocycles. The van der Waals surface area contributed by atoms with Gasteiger partial charge in [0.2, 0.25) is 5.91 Å². The number of rotatable bonds is 6. The van der Waals surface area contributed by atoms with Gasteiger partial charge in [0.15, 0.2) is 0 Å². The molecule has 3 atom stereocenters. The van der Waals surface area contributed by atoms with Crippen LogP contribution in [0.25, 0.3) is 0 Å². The molecule has 2 aliphatic rings. The fourth-order valence-corrected chi connectivity index (χ4v) is 4.12. The number of nitrogens with zero attached hydrogens (tertiary/aromatic N) is 1. The number of thiol groups is 1. The van der Waals surface area contributed by atoms with Gasteiger partial charge < -0.3 is 10.4 Å². The molecule has 0 spiro atoms. The Morgan fingerprint density at radius 1 is 1.15 bits per heavy atom. The van der Waals surface area contributed by atoms with Crippen LogP contribution < -0.4 is 5.32 Å². The van der Waals surface area contributed by atoms with E-state index in [-0.39, 0.29) is 35.9 Å². The highest BCUT2D eigenvalue weighted by molar-refractivity contribution is 7.80. The van der Waals surface area contributed by atoms with Gasteiger partial charge in [-0.1, -0.05) is 25.0 Å². The Hall–Kier alpha value is -2.35. The van der Waals surface area contributed by atoms with Crippen molar-refractivity contribution in [2.75, 3.05) is 12.3 Å². The van der Waals surface area contributed by atoms with Gasteiger partial charge in [-0.15, -0.1) is 0 Å². The average Bonchev–Trinajstić information content (AvgIpc) is 2.91. The smallest absolute Gasteiger partial charge is 0.327 e. The van der Waals surface area contributed by atoms with Crippen LogP contribution in [0.1, 0.15) is 46.4 Å². The number of hydrogen-bond acceptors (Lipinski definition) is 5. The van der Waals surface area contributed by atoms with E-state index in [2.05, 4.69) is 17.9 Å². The summed E-state index contributed by atoms with van der Waals surface area (Å²) in [6, 6.07) is 5.64. The normalized spacial score (nSPS) is 23.1. The van der Waals surface area contributed by atoms with E-state index < -0.39 is 17.9 Å². The van der Waals surface area contributed by atoms with Crippen molar-refractivity contribution in [2.45, 2.75) is 31.7 Å². The lowest BCUT2D eigenvalue weighted by Gasteiger charge is -2.33. The molecule has 0 aromatic heterocycles. The van der Waals surface area contributed by atoms with Crippen LogP contribution in [0.3, 0.4) is 0 Å². The molecule has 3 amide bonds. The number of nitrogens with one attached hydrogen (secondary N) is 1. The van der Waals surface area contributed by atoms with Gasteiger partial charge in [-0.25, -0.2) is 4.79 Å². The molecule has 8 heteroatoms. The molecule has 27 heavy (non-hydrogen) atoms. The summed E-state index contributed by atoms with van der Waals surface area (Å²) in [6.07, 6.45) is 3.09. The Morgan fingerprint density at radius 3 is 2.30 bits per heavy atom. The summed E-state index contributed by atoms with van der Waals surface area (Å²) in [5, 5.41) is 11.7. The quantitative estimate of drug-likeness (QED) is 0.506. The van der Waals surface area contributed by atoms with Crippen molar-refractivity contribution < 1.29 is 24.3 Å². The van der Waals surface area contributed by atoms with Gasteiger partial charge in [-0.2, -0.15) is 12.6 Å². The molecule has 7 nitrogen and oxygen atoms in total. The molecule has 0 bridgehead atoms. The summed E-state index contributed by atoms with van der Waals surface area (Å²) in [5.74, 6) is -2.77. The van der Waals surface area contributed by atoms with Gasteiger partial charge in [0.05, 0.1) is 11.1 Å². The van der Waals surface area contributed by atoms with Gasteiger partial charge in [0.25, 0.3) is 11.8 Å². The third-order valence-corrected chi connectivity index (χ3v) is 5.70. The third-order valence-electron chi connectivity index (χ3n) is 5.34. The van der Waals surface area contributed by atoms with Crippen LogP contribution in [0.2, 0.25) is 0 Å². The van der Waals surface area contributed by atoms with E-state index in [1.807, 2.05) is 0 Å². The Balaban J connectivity index is 1.73. The van der Waals surface area contributed by atoms with Crippen molar-refractivity contribution in [3.8, 4) is 0 Å². The van der Waals surface area contributed by atoms with Crippen LogP contribution in [-0.2, 0) is 9.59 Å². The molecule has 1 aromatic carbocycles. The molecule has 0 radical (unpaired) electrons. The number of imide groups is 1. The summed E-state index contributed by atoms with van der Waals surface area (Å²) >= 11 is 3.97. The number of carbonyl (C=O) groups excluding carboxylic acids is 3. The molecule has 3 rings (SSSR count). The largest absolute Gasteiger partial charge is 0.480 e. The van der Waals surface area contributed by atoms with Crippen LogP contribution >= 0.6 is 12.6 Å². The zero-order valence-electron chi connectivity index (χ0n) is 14.8. The van der Waals surface area contributed by atoms with Crippen molar-refractivity contribution in [1.29, 1.82) is 0 Å². The van der Waals surface area contributed by atoms with Crippen molar-refractivity contribution in [3.63, 3.8) is 0 Å². The molecule has 144 valence electrons. The maximum atomic E-state index is 12.6. The fraction of sp³-hybridized carbons (Fsp3) is 0.474. The lowest BCUT2D eigenvalue weighted by atomic mass is 9.78. The monoisotopic (exact) mass is 390 g/mol. The van der Waals surface area contributed by atoms with Crippen molar-refractivity contribution >= 4 is 36.3 Å². The molecule has 2 N–H and O–H groups in total. The Labute approximate surface area is 162 Å². The third kappa shape index (κ3) is 3.85. The number of carboxylic acids is 1. The summed E-state index contributed by atoms with van der Waals surface area (Å²) in [6.45, 7) is 0.170. The second-order valence-corrected chi connectivity index (χ2v) is 7.36. The molecule has 1 fully saturated rings. The standard InChI is InChI=1S/C19H22N2O5S/c22-16(20-15(10-27)19(25)26)12-6-2-1-5-11(12)9-21-17(23)13-7-3-4-8-14(13)18(21)24/h3-4,7-8,11-12,15,27H,1-2,5-6,9-10H2,(H,20,22)(H,25,26). The van der Waals surface area contributed by atoms with Gasteiger partial charge in [-0.3, -0.25) is 19.3 Å². The van der Waals surface area contributed by atoms with Gasteiger partial charge in [0, 0.05) is 18.2 Å². The summed E-state index contributed by atoms with van der Waals surface area (Å²) in [5.41, 5.74) is 0.778. The van der Waals surface area contributed by atoms with Gasteiger partial charge in [-0.05, 0) is 30.9 Å². The van der Waals surface area contributed by atoms with Crippen LogP contribution in [0.15, 0.2) is 24.3 Å². The first-order chi connectivity index (χ1) is 12.9. The average molecular weight is 390 g/mol. The predicted octanol–water partition coefficient (Wildman–Crippen LogP) is 1.59. The molecule has 0 saturated heterocycles. The van der Waals surface area contributed by atoms with Crippen molar-refractivity contribution in [2.24, 2.45) is 11.8 Å². The summed E-state index contributed by atoms with van der Waals surface area (Å²) in [4.78, 5) is 50.2. The topological polar surface area (TPSA) is 104 Å². The summed E-state index contributed by atoms with van der Waals surface area (Å²) < 4.78 is 0.